The van der Waals surface area contributed by atoms with Gasteiger partial charge < -0.3 is 15.4 Å². The predicted octanol–water partition coefficient (Wildman–Crippen LogP) is 6.93. The molecule has 2 aliphatic rings. The molecule has 1 amide bonds. The average molecular weight is 558 g/mol. The number of carbonyl (C=O) groups is 1. The van der Waals surface area contributed by atoms with Crippen molar-refractivity contribution in [1.29, 1.82) is 0 Å². The highest BCUT2D eigenvalue weighted by molar-refractivity contribution is 6.30. The lowest BCUT2D eigenvalue weighted by molar-refractivity contribution is -0.121. The summed E-state index contributed by atoms with van der Waals surface area (Å²) >= 11 is 6.00. The summed E-state index contributed by atoms with van der Waals surface area (Å²) in [5.74, 6) is 1.03. The van der Waals surface area contributed by atoms with Gasteiger partial charge in [-0.25, -0.2) is 0 Å². The van der Waals surface area contributed by atoms with Crippen LogP contribution in [0.2, 0.25) is 5.02 Å². The number of nitrogens with one attached hydrogen (secondary N) is 2. The molecule has 1 unspecified atom stereocenters. The van der Waals surface area contributed by atoms with Gasteiger partial charge in [0, 0.05) is 30.0 Å². The van der Waals surface area contributed by atoms with Gasteiger partial charge in [-0.1, -0.05) is 66.2 Å². The van der Waals surface area contributed by atoms with Crippen molar-refractivity contribution in [3.05, 3.63) is 119 Å². The lowest BCUT2D eigenvalue weighted by Crippen LogP contribution is -2.35. The van der Waals surface area contributed by atoms with E-state index in [0.29, 0.717) is 19.1 Å². The largest absolute Gasteiger partial charge is 0.494 e. The van der Waals surface area contributed by atoms with Crippen LogP contribution in [0.25, 0.3) is 0 Å². The Hall–Kier alpha value is -3.41. The van der Waals surface area contributed by atoms with Crippen LogP contribution in [0.4, 0.5) is 0 Å². The van der Waals surface area contributed by atoms with Crippen LogP contribution in [0, 0.1) is 5.92 Å². The van der Waals surface area contributed by atoms with Crippen molar-refractivity contribution in [2.75, 3.05) is 26.2 Å². The summed E-state index contributed by atoms with van der Waals surface area (Å²) in [5.41, 5.74) is 3.02. The summed E-state index contributed by atoms with van der Waals surface area (Å²) in [7, 11) is 0. The highest BCUT2D eigenvalue weighted by atomic mass is 35.5. The van der Waals surface area contributed by atoms with Crippen LogP contribution in [-0.2, 0) is 16.0 Å². The number of allylic oxidation sites excluding steroid dienone is 6. The molecule has 2 aromatic rings. The SMILES string of the molecule is O=C(NC1=C\CCC/C=C(OCCC2C=CC=NCC2)/C=C\1)[C@@H](CNCCc1ccc(Cl)cc1)c1ccccc1. The molecule has 0 spiro atoms. The van der Waals surface area contributed by atoms with Gasteiger partial charge in [0.15, 0.2) is 0 Å². The zero-order chi connectivity index (χ0) is 27.8. The minimum atomic E-state index is -0.309. The Labute approximate surface area is 243 Å². The number of rotatable bonds is 12. The van der Waals surface area contributed by atoms with Gasteiger partial charge >= 0.3 is 0 Å². The molecule has 0 saturated carbocycles. The van der Waals surface area contributed by atoms with Crippen molar-refractivity contribution >= 4 is 23.7 Å². The maximum atomic E-state index is 13.6. The second-order valence-corrected chi connectivity index (χ2v) is 10.6. The molecule has 0 fully saturated rings. The molecular weight excluding hydrogens is 518 g/mol. The summed E-state index contributed by atoms with van der Waals surface area (Å²) in [6.07, 6.45) is 20.1. The first-order valence-corrected chi connectivity index (χ1v) is 14.7. The number of nitrogens with zero attached hydrogens (tertiary/aromatic N) is 1. The van der Waals surface area contributed by atoms with Crippen LogP contribution in [0.15, 0.2) is 108 Å². The summed E-state index contributed by atoms with van der Waals surface area (Å²) in [5, 5.41) is 7.41. The average Bonchev–Trinajstić information content (AvgIpc) is 3.19. The van der Waals surface area contributed by atoms with Crippen LogP contribution in [-0.4, -0.2) is 38.4 Å². The first-order valence-electron chi connectivity index (χ1n) is 14.4. The number of carbonyl (C=O) groups excluding carboxylic acids is 1. The van der Waals surface area contributed by atoms with E-state index in [2.05, 4.69) is 33.9 Å². The Morgan fingerprint density at radius 3 is 2.73 bits per heavy atom. The monoisotopic (exact) mass is 557 g/mol. The van der Waals surface area contributed by atoms with E-state index in [-0.39, 0.29) is 11.8 Å². The van der Waals surface area contributed by atoms with Gasteiger partial charge in [0.05, 0.1) is 12.5 Å². The molecule has 2 N–H and O–H groups in total. The molecule has 0 saturated heterocycles. The van der Waals surface area contributed by atoms with Crippen molar-refractivity contribution in [2.24, 2.45) is 10.9 Å². The van der Waals surface area contributed by atoms with Crippen molar-refractivity contribution in [2.45, 2.75) is 44.4 Å². The lowest BCUT2D eigenvalue weighted by atomic mass is 9.97. The van der Waals surface area contributed by atoms with Crippen molar-refractivity contribution in [3.8, 4) is 0 Å². The van der Waals surface area contributed by atoms with E-state index >= 15 is 0 Å². The molecular formula is C34H40ClN3O2. The van der Waals surface area contributed by atoms with E-state index in [9.17, 15) is 4.79 Å². The fraction of sp³-hybridized carbons (Fsp3) is 0.353. The van der Waals surface area contributed by atoms with Gasteiger partial charge in [0.2, 0.25) is 5.91 Å². The third-order valence-corrected chi connectivity index (χ3v) is 7.40. The van der Waals surface area contributed by atoms with E-state index in [4.69, 9.17) is 16.3 Å². The first kappa shape index (κ1) is 29.6. The molecule has 1 heterocycles. The molecule has 2 aromatic carbocycles. The standard InChI is InChI=1S/C34H40ClN3O2/c35-30-15-13-28(14-16-30)20-24-37-26-33(29-9-3-1-4-10-29)34(39)38-31-11-5-2-6-12-32(18-17-31)40-25-21-27-8-7-22-36-23-19-27/h1,3-4,7-18,22,27,33,37H,2,5-6,19-21,23-26H2,(H,38,39)/b18-17-,31-11-,32-12-/t27?,33-/m0/s1. The van der Waals surface area contributed by atoms with E-state index in [1.54, 1.807) is 0 Å². The first-order chi connectivity index (χ1) is 19.7. The minimum Gasteiger partial charge on any atom is -0.494 e. The van der Waals surface area contributed by atoms with E-state index in [1.807, 2.05) is 79.0 Å². The number of halogens is 1. The molecule has 1 aliphatic carbocycles. The number of amides is 1. The normalized spacial score (nSPS) is 21.4. The quantitative estimate of drug-likeness (QED) is 0.278. The van der Waals surface area contributed by atoms with Crippen molar-refractivity contribution in [3.63, 3.8) is 0 Å². The Balaban J connectivity index is 1.32. The van der Waals surface area contributed by atoms with E-state index in [0.717, 1.165) is 73.7 Å². The third-order valence-electron chi connectivity index (χ3n) is 7.14. The van der Waals surface area contributed by atoms with Crippen LogP contribution in [0.1, 0.15) is 49.1 Å². The molecule has 0 bridgehead atoms. The molecule has 2 atom stereocenters. The third kappa shape index (κ3) is 10.3. The molecule has 5 nitrogen and oxygen atoms in total. The lowest BCUT2D eigenvalue weighted by Gasteiger charge is -2.19. The second-order valence-electron chi connectivity index (χ2n) is 10.2. The number of benzene rings is 2. The number of hydrogen-bond donors (Lipinski definition) is 2. The molecule has 1 aliphatic heterocycles. The smallest absolute Gasteiger partial charge is 0.233 e. The van der Waals surface area contributed by atoms with Crippen LogP contribution in [0.3, 0.4) is 0 Å². The summed E-state index contributed by atoms with van der Waals surface area (Å²) in [6.45, 7) is 2.86. The molecule has 6 heteroatoms. The van der Waals surface area contributed by atoms with Crippen molar-refractivity contribution < 1.29 is 9.53 Å². The van der Waals surface area contributed by atoms with Gasteiger partial charge in [0.1, 0.15) is 5.76 Å². The zero-order valence-corrected chi connectivity index (χ0v) is 23.9. The van der Waals surface area contributed by atoms with Gasteiger partial charge in [-0.05, 0) is 98.6 Å². The molecule has 40 heavy (non-hydrogen) atoms. The van der Waals surface area contributed by atoms with Gasteiger partial charge in [-0.2, -0.15) is 0 Å². The van der Waals surface area contributed by atoms with Crippen LogP contribution >= 0.6 is 11.6 Å². The zero-order valence-electron chi connectivity index (χ0n) is 23.1. The van der Waals surface area contributed by atoms with Crippen LogP contribution < -0.4 is 10.6 Å². The van der Waals surface area contributed by atoms with E-state index < -0.39 is 0 Å². The maximum Gasteiger partial charge on any atom is 0.233 e. The second kappa shape index (κ2) is 16.6. The Bertz CT molecular complexity index is 1220. The topological polar surface area (TPSA) is 62.7 Å². The maximum absolute atomic E-state index is 13.6. The molecule has 210 valence electrons. The number of hydrogen-bond acceptors (Lipinski definition) is 4. The highest BCUT2D eigenvalue weighted by Gasteiger charge is 2.21. The number of aliphatic imine (C=N–C) groups is 1. The molecule has 4 rings (SSSR count). The number of ether oxygens (including phenoxy) is 1. The van der Waals surface area contributed by atoms with Gasteiger partial charge in [-0.15, -0.1) is 0 Å². The summed E-state index contributed by atoms with van der Waals surface area (Å²) < 4.78 is 6.14. The van der Waals surface area contributed by atoms with Crippen LogP contribution in [0.5, 0.6) is 0 Å². The van der Waals surface area contributed by atoms with E-state index in [1.165, 1.54) is 5.56 Å². The summed E-state index contributed by atoms with van der Waals surface area (Å²) in [4.78, 5) is 17.9. The minimum absolute atomic E-state index is 0.0193. The van der Waals surface area contributed by atoms with Gasteiger partial charge in [-0.3, -0.25) is 9.79 Å². The summed E-state index contributed by atoms with van der Waals surface area (Å²) in [6, 6.07) is 17.9. The fourth-order valence-corrected chi connectivity index (χ4v) is 4.91. The molecule has 0 radical (unpaired) electrons. The highest BCUT2D eigenvalue weighted by Crippen LogP contribution is 2.19. The Kier molecular flexibility index (Phi) is 12.3. The fourth-order valence-electron chi connectivity index (χ4n) is 4.78. The molecule has 0 aromatic heterocycles. The predicted molar refractivity (Wildman–Crippen MR) is 166 cm³/mol. The van der Waals surface area contributed by atoms with Crippen molar-refractivity contribution in [1.82, 2.24) is 10.6 Å². The Morgan fingerprint density at radius 2 is 1.88 bits per heavy atom. The van der Waals surface area contributed by atoms with Gasteiger partial charge in [0.25, 0.3) is 0 Å². The Morgan fingerprint density at radius 1 is 1.05 bits per heavy atom.